The molecule has 3 rings (SSSR count). The summed E-state index contributed by atoms with van der Waals surface area (Å²) in [4.78, 5) is 27.6. The van der Waals surface area contributed by atoms with Crippen LogP contribution >= 0.6 is 11.8 Å². The number of amides is 2. The van der Waals surface area contributed by atoms with Gasteiger partial charge in [0.1, 0.15) is 6.04 Å². The minimum Gasteiger partial charge on any atom is -0.324 e. The lowest BCUT2D eigenvalue weighted by Crippen LogP contribution is -2.48. The fourth-order valence-corrected chi connectivity index (χ4v) is 4.88. The monoisotopic (exact) mass is 360 g/mol. The van der Waals surface area contributed by atoms with Gasteiger partial charge in [-0.2, -0.15) is 0 Å². The Morgan fingerprint density at radius 1 is 1.24 bits per heavy atom. The van der Waals surface area contributed by atoms with E-state index in [4.69, 9.17) is 0 Å². The van der Waals surface area contributed by atoms with Gasteiger partial charge in [-0.15, -0.1) is 11.8 Å². The Hall–Kier alpha value is -1.49. The van der Waals surface area contributed by atoms with Crippen LogP contribution < -0.4 is 5.32 Å². The number of nitrogens with one attached hydrogen (secondary N) is 1. The summed E-state index contributed by atoms with van der Waals surface area (Å²) in [5.74, 6) is 1.46. The molecule has 0 bridgehead atoms. The summed E-state index contributed by atoms with van der Waals surface area (Å²) in [6.07, 6.45) is 2.89. The largest absolute Gasteiger partial charge is 0.324 e. The molecule has 1 aliphatic carbocycles. The normalized spacial score (nSPS) is 23.2. The molecule has 2 aliphatic rings. The second-order valence-electron chi connectivity index (χ2n) is 7.74. The Balaban J connectivity index is 1.74. The van der Waals surface area contributed by atoms with Gasteiger partial charge in [-0.3, -0.25) is 9.59 Å². The van der Waals surface area contributed by atoms with E-state index in [0.29, 0.717) is 11.7 Å². The molecule has 136 valence electrons. The predicted molar refractivity (Wildman–Crippen MR) is 104 cm³/mol. The van der Waals surface area contributed by atoms with Crippen LogP contribution in [0.15, 0.2) is 18.2 Å². The third-order valence-corrected chi connectivity index (χ3v) is 6.34. The van der Waals surface area contributed by atoms with Crippen molar-refractivity contribution in [2.75, 3.05) is 11.1 Å². The summed E-state index contributed by atoms with van der Waals surface area (Å²) in [7, 11) is 0. The number of anilines is 1. The number of rotatable bonds is 5. The van der Waals surface area contributed by atoms with Crippen LogP contribution in [0.4, 0.5) is 5.69 Å². The van der Waals surface area contributed by atoms with Gasteiger partial charge in [0.05, 0.1) is 5.37 Å². The van der Waals surface area contributed by atoms with Crippen LogP contribution in [0.25, 0.3) is 0 Å². The first kappa shape index (κ1) is 18.3. The molecular formula is C20H28N2O2S. The van der Waals surface area contributed by atoms with Gasteiger partial charge in [-0.1, -0.05) is 19.9 Å². The zero-order chi connectivity index (χ0) is 18.1. The summed E-state index contributed by atoms with van der Waals surface area (Å²) < 4.78 is 0. The van der Waals surface area contributed by atoms with Crippen LogP contribution in [0.3, 0.4) is 0 Å². The van der Waals surface area contributed by atoms with Gasteiger partial charge < -0.3 is 10.2 Å². The Morgan fingerprint density at radius 2 is 1.96 bits per heavy atom. The Bertz CT molecular complexity index is 670. The fourth-order valence-electron chi connectivity index (χ4n) is 3.23. The molecule has 1 saturated heterocycles. The number of carbonyl (C=O) groups is 2. The van der Waals surface area contributed by atoms with Gasteiger partial charge in [0, 0.05) is 17.4 Å². The van der Waals surface area contributed by atoms with Gasteiger partial charge in [-0.25, -0.2) is 0 Å². The number of thioether (sulfide) groups is 1. The van der Waals surface area contributed by atoms with E-state index in [1.165, 1.54) is 5.56 Å². The fraction of sp³-hybridized carbons (Fsp3) is 0.600. The predicted octanol–water partition coefficient (Wildman–Crippen LogP) is 3.97. The van der Waals surface area contributed by atoms with Crippen LogP contribution in [0.1, 0.15) is 44.2 Å². The Kier molecular flexibility index (Phi) is 5.42. The maximum atomic E-state index is 12.9. The van der Waals surface area contributed by atoms with E-state index in [-0.39, 0.29) is 29.1 Å². The van der Waals surface area contributed by atoms with E-state index in [1.54, 1.807) is 11.8 Å². The summed E-state index contributed by atoms with van der Waals surface area (Å²) in [6.45, 7) is 8.44. The zero-order valence-corrected chi connectivity index (χ0v) is 16.4. The average molecular weight is 361 g/mol. The molecule has 0 radical (unpaired) electrons. The maximum Gasteiger partial charge on any atom is 0.248 e. The van der Waals surface area contributed by atoms with Crippen molar-refractivity contribution in [1.29, 1.82) is 0 Å². The minimum absolute atomic E-state index is 0.0593. The van der Waals surface area contributed by atoms with E-state index >= 15 is 0 Å². The molecule has 1 aromatic rings. The number of benzene rings is 1. The molecule has 1 N–H and O–H groups in total. The highest BCUT2D eigenvalue weighted by Gasteiger charge is 2.46. The number of aryl methyl sites for hydroxylation is 2. The molecule has 4 nitrogen and oxygen atoms in total. The lowest BCUT2D eigenvalue weighted by Gasteiger charge is -2.30. The minimum atomic E-state index is -0.358. The quantitative estimate of drug-likeness (QED) is 0.864. The molecule has 1 aliphatic heterocycles. The Morgan fingerprint density at radius 3 is 2.56 bits per heavy atom. The van der Waals surface area contributed by atoms with Gasteiger partial charge in [0.25, 0.3) is 0 Å². The summed E-state index contributed by atoms with van der Waals surface area (Å²) in [5, 5.41) is 3.15. The molecule has 1 heterocycles. The molecule has 2 fully saturated rings. The lowest BCUT2D eigenvalue weighted by molar-refractivity contribution is -0.139. The summed E-state index contributed by atoms with van der Waals surface area (Å²) in [5.41, 5.74) is 3.17. The zero-order valence-electron chi connectivity index (χ0n) is 15.5. The first-order valence-electron chi connectivity index (χ1n) is 9.18. The van der Waals surface area contributed by atoms with Crippen LogP contribution in [0, 0.1) is 25.7 Å². The van der Waals surface area contributed by atoms with Gasteiger partial charge >= 0.3 is 0 Å². The molecule has 2 amide bonds. The van der Waals surface area contributed by atoms with Crippen molar-refractivity contribution in [3.05, 3.63) is 29.3 Å². The molecule has 25 heavy (non-hydrogen) atoms. The number of hydrogen-bond donors (Lipinski definition) is 1. The number of nitrogens with zero attached hydrogens (tertiary/aromatic N) is 1. The molecular weight excluding hydrogens is 332 g/mol. The standard InChI is InChI=1S/C20H28N2O2S/c1-12(2)9-18-22(20(24)15-6-7-15)17(11-25-18)19(23)21-16-8-5-13(3)14(4)10-16/h5,8,10,12,15,17-18H,6-7,9,11H2,1-4H3,(H,21,23). The highest BCUT2D eigenvalue weighted by molar-refractivity contribution is 8.00. The van der Waals surface area contributed by atoms with Gasteiger partial charge in [0.2, 0.25) is 11.8 Å². The van der Waals surface area contributed by atoms with E-state index in [9.17, 15) is 9.59 Å². The molecule has 0 spiro atoms. The molecule has 1 saturated carbocycles. The molecule has 2 unspecified atom stereocenters. The highest BCUT2D eigenvalue weighted by Crippen LogP contribution is 2.39. The molecule has 1 aromatic carbocycles. The highest BCUT2D eigenvalue weighted by atomic mass is 32.2. The SMILES string of the molecule is Cc1ccc(NC(=O)C2CSC(CC(C)C)N2C(=O)C2CC2)cc1C. The first-order valence-corrected chi connectivity index (χ1v) is 10.2. The summed E-state index contributed by atoms with van der Waals surface area (Å²) in [6, 6.07) is 5.58. The first-order chi connectivity index (χ1) is 11.9. The second-order valence-corrected chi connectivity index (χ2v) is 8.95. The third-order valence-electron chi connectivity index (χ3n) is 5.02. The topological polar surface area (TPSA) is 49.4 Å². The van der Waals surface area contributed by atoms with Crippen molar-refractivity contribution in [3.8, 4) is 0 Å². The van der Waals surface area contributed by atoms with Crippen molar-refractivity contribution < 1.29 is 9.59 Å². The van der Waals surface area contributed by atoms with Crippen molar-refractivity contribution in [2.45, 2.75) is 58.4 Å². The van der Waals surface area contributed by atoms with E-state index in [1.807, 2.05) is 30.0 Å². The number of hydrogen-bond acceptors (Lipinski definition) is 3. The molecule has 5 heteroatoms. The lowest BCUT2D eigenvalue weighted by atomic mass is 10.1. The average Bonchev–Trinajstić information content (AvgIpc) is 3.31. The smallest absolute Gasteiger partial charge is 0.248 e. The van der Waals surface area contributed by atoms with E-state index in [2.05, 4.69) is 26.1 Å². The van der Waals surface area contributed by atoms with Crippen LogP contribution in [-0.4, -0.2) is 33.9 Å². The van der Waals surface area contributed by atoms with Crippen LogP contribution in [0.2, 0.25) is 0 Å². The van der Waals surface area contributed by atoms with Crippen LogP contribution in [-0.2, 0) is 9.59 Å². The van der Waals surface area contributed by atoms with E-state index < -0.39 is 0 Å². The molecule has 2 atom stereocenters. The third kappa shape index (κ3) is 4.20. The Labute approximate surface area is 154 Å². The second kappa shape index (κ2) is 7.40. The van der Waals surface area contributed by atoms with Crippen molar-refractivity contribution in [2.24, 2.45) is 11.8 Å². The van der Waals surface area contributed by atoms with Crippen molar-refractivity contribution in [1.82, 2.24) is 4.90 Å². The molecule has 0 aromatic heterocycles. The number of carbonyl (C=O) groups excluding carboxylic acids is 2. The van der Waals surface area contributed by atoms with Gasteiger partial charge in [-0.05, 0) is 62.3 Å². The summed E-state index contributed by atoms with van der Waals surface area (Å²) >= 11 is 1.75. The maximum absolute atomic E-state index is 12.9. The van der Waals surface area contributed by atoms with Crippen LogP contribution in [0.5, 0.6) is 0 Å². The van der Waals surface area contributed by atoms with Crippen molar-refractivity contribution in [3.63, 3.8) is 0 Å². The van der Waals surface area contributed by atoms with E-state index in [0.717, 1.165) is 30.5 Å². The van der Waals surface area contributed by atoms with Crippen molar-refractivity contribution >= 4 is 29.3 Å². The van der Waals surface area contributed by atoms with Gasteiger partial charge in [0.15, 0.2) is 0 Å².